The summed E-state index contributed by atoms with van der Waals surface area (Å²) in [7, 11) is 0. The number of rotatable bonds is 4. The fourth-order valence-electron chi connectivity index (χ4n) is 1.95. The molecule has 0 aliphatic heterocycles. The first-order chi connectivity index (χ1) is 10.1. The molecule has 3 nitrogen and oxygen atoms in total. The van der Waals surface area contributed by atoms with Crippen LogP contribution in [0.1, 0.15) is 16.7 Å². The molecule has 3 rings (SSSR count). The minimum Gasteiger partial charge on any atom is -0.351 e. The number of nitrogens with one attached hydrogen (secondary N) is 1. The van der Waals surface area contributed by atoms with E-state index in [2.05, 4.69) is 41.2 Å². The van der Waals surface area contributed by atoms with Gasteiger partial charge in [-0.25, -0.2) is 4.98 Å². The van der Waals surface area contributed by atoms with Gasteiger partial charge in [0, 0.05) is 27.6 Å². The summed E-state index contributed by atoms with van der Waals surface area (Å²) in [6, 6.07) is 6.24. The van der Waals surface area contributed by atoms with E-state index < -0.39 is 0 Å². The van der Waals surface area contributed by atoms with E-state index in [9.17, 15) is 4.79 Å². The molecule has 0 saturated heterocycles. The summed E-state index contributed by atoms with van der Waals surface area (Å²) in [6.07, 6.45) is 0. The summed E-state index contributed by atoms with van der Waals surface area (Å²) < 4.78 is 0. The Balaban J connectivity index is 1.85. The lowest BCUT2D eigenvalue weighted by Gasteiger charge is -1.97. The van der Waals surface area contributed by atoms with Crippen molar-refractivity contribution in [3.8, 4) is 21.1 Å². The Labute approximate surface area is 135 Å². The summed E-state index contributed by atoms with van der Waals surface area (Å²) in [6.45, 7) is 4.23. The SMILES string of the molecule is CC(=O)NCc1ccc(-c2nc(-c3ccsc3)sc2C)s1. The highest BCUT2D eigenvalue weighted by Gasteiger charge is 2.13. The van der Waals surface area contributed by atoms with Crippen LogP contribution in [0, 0.1) is 6.92 Å². The second-order valence-corrected chi connectivity index (χ2v) is 7.76. The van der Waals surface area contributed by atoms with Crippen LogP contribution in [0.3, 0.4) is 0 Å². The minimum atomic E-state index is -0.00506. The number of hydrogen-bond donors (Lipinski definition) is 1. The predicted octanol–water partition coefficient (Wildman–Crippen LogP) is 4.54. The molecule has 0 atom stereocenters. The summed E-state index contributed by atoms with van der Waals surface area (Å²) in [5, 5.41) is 8.09. The number of thiophene rings is 2. The van der Waals surface area contributed by atoms with E-state index in [-0.39, 0.29) is 5.91 Å². The Morgan fingerprint density at radius 2 is 2.14 bits per heavy atom. The Morgan fingerprint density at radius 1 is 1.29 bits per heavy atom. The van der Waals surface area contributed by atoms with Crippen LogP contribution in [0.4, 0.5) is 0 Å². The molecular weight excluding hydrogens is 320 g/mol. The highest BCUT2D eigenvalue weighted by molar-refractivity contribution is 7.18. The van der Waals surface area contributed by atoms with E-state index in [1.165, 1.54) is 17.4 Å². The Hall–Kier alpha value is -1.50. The maximum Gasteiger partial charge on any atom is 0.217 e. The largest absolute Gasteiger partial charge is 0.351 e. The molecule has 3 aromatic rings. The third-order valence-corrected chi connectivity index (χ3v) is 5.77. The van der Waals surface area contributed by atoms with Crippen molar-refractivity contribution < 1.29 is 4.79 Å². The number of thiazole rings is 1. The van der Waals surface area contributed by atoms with Gasteiger partial charge >= 0.3 is 0 Å². The fraction of sp³-hybridized carbons (Fsp3) is 0.200. The molecule has 0 fully saturated rings. The lowest BCUT2D eigenvalue weighted by molar-refractivity contribution is -0.119. The molecule has 1 N–H and O–H groups in total. The van der Waals surface area contributed by atoms with E-state index in [1.807, 2.05) is 0 Å². The zero-order valence-electron chi connectivity index (χ0n) is 11.7. The number of carbonyl (C=O) groups excluding carboxylic acids is 1. The molecule has 21 heavy (non-hydrogen) atoms. The summed E-state index contributed by atoms with van der Waals surface area (Å²) >= 11 is 5.10. The first-order valence-electron chi connectivity index (χ1n) is 6.47. The molecule has 0 aromatic carbocycles. The van der Waals surface area contributed by atoms with Gasteiger partial charge in [0.15, 0.2) is 0 Å². The number of aryl methyl sites for hydroxylation is 1. The molecule has 3 heterocycles. The van der Waals surface area contributed by atoms with E-state index in [4.69, 9.17) is 4.98 Å². The van der Waals surface area contributed by atoms with Crippen LogP contribution in [-0.2, 0) is 11.3 Å². The number of carbonyl (C=O) groups is 1. The van der Waals surface area contributed by atoms with Gasteiger partial charge in [0.25, 0.3) is 0 Å². The third kappa shape index (κ3) is 3.23. The molecule has 0 aliphatic rings. The standard InChI is InChI=1S/C15H14N2OS3/c1-9-14(17-15(20-9)11-5-6-19-8-11)13-4-3-12(21-13)7-16-10(2)18/h3-6,8H,7H2,1-2H3,(H,16,18). The van der Waals surface area contributed by atoms with Crippen molar-refractivity contribution in [1.29, 1.82) is 0 Å². The van der Waals surface area contributed by atoms with E-state index >= 15 is 0 Å². The number of aromatic nitrogens is 1. The summed E-state index contributed by atoms with van der Waals surface area (Å²) in [4.78, 5) is 19.3. The van der Waals surface area contributed by atoms with Crippen LogP contribution in [0.2, 0.25) is 0 Å². The van der Waals surface area contributed by atoms with E-state index in [0.717, 1.165) is 20.5 Å². The van der Waals surface area contributed by atoms with E-state index in [0.29, 0.717) is 6.54 Å². The average molecular weight is 334 g/mol. The molecule has 0 spiro atoms. The third-order valence-electron chi connectivity index (χ3n) is 2.97. The molecule has 108 valence electrons. The van der Waals surface area contributed by atoms with Crippen LogP contribution >= 0.6 is 34.0 Å². The Bertz CT molecular complexity index is 756. The molecule has 6 heteroatoms. The Morgan fingerprint density at radius 3 is 2.86 bits per heavy atom. The maximum atomic E-state index is 11.0. The van der Waals surface area contributed by atoms with Crippen LogP contribution in [0.5, 0.6) is 0 Å². The predicted molar refractivity (Wildman–Crippen MR) is 91.0 cm³/mol. The smallest absolute Gasteiger partial charge is 0.217 e. The molecule has 0 unspecified atom stereocenters. The molecular formula is C15H14N2OS3. The van der Waals surface area contributed by atoms with Crippen LogP contribution < -0.4 is 5.32 Å². The first-order valence-corrected chi connectivity index (χ1v) is 9.04. The molecule has 0 radical (unpaired) electrons. The van der Waals surface area contributed by atoms with Crippen molar-refractivity contribution in [3.63, 3.8) is 0 Å². The maximum absolute atomic E-state index is 11.0. The summed E-state index contributed by atoms with van der Waals surface area (Å²) in [5.41, 5.74) is 2.25. The van der Waals surface area contributed by atoms with Gasteiger partial charge in [0.2, 0.25) is 5.91 Å². The van der Waals surface area contributed by atoms with Gasteiger partial charge < -0.3 is 5.32 Å². The first kappa shape index (κ1) is 14.4. The van der Waals surface area contributed by atoms with Gasteiger partial charge in [0.1, 0.15) is 5.01 Å². The van der Waals surface area contributed by atoms with Crippen LogP contribution in [0.25, 0.3) is 21.1 Å². The fourth-order valence-corrected chi connectivity index (χ4v) is 4.64. The molecule has 0 saturated carbocycles. The van der Waals surface area contributed by atoms with Gasteiger partial charge in [-0.1, -0.05) is 0 Å². The number of amides is 1. The normalized spacial score (nSPS) is 10.8. The van der Waals surface area contributed by atoms with Crippen molar-refractivity contribution in [2.45, 2.75) is 20.4 Å². The molecule has 3 aromatic heterocycles. The topological polar surface area (TPSA) is 42.0 Å². The van der Waals surface area contributed by atoms with Crippen molar-refractivity contribution in [1.82, 2.24) is 10.3 Å². The van der Waals surface area contributed by atoms with E-state index in [1.54, 1.807) is 34.0 Å². The Kier molecular flexibility index (Phi) is 4.19. The highest BCUT2D eigenvalue weighted by atomic mass is 32.1. The van der Waals surface area contributed by atoms with Crippen LogP contribution in [-0.4, -0.2) is 10.9 Å². The highest BCUT2D eigenvalue weighted by Crippen LogP contribution is 2.36. The second kappa shape index (κ2) is 6.09. The quantitative estimate of drug-likeness (QED) is 0.761. The van der Waals surface area contributed by atoms with Crippen molar-refractivity contribution in [2.24, 2.45) is 0 Å². The van der Waals surface area contributed by atoms with Crippen molar-refractivity contribution in [3.05, 3.63) is 38.7 Å². The second-order valence-electron chi connectivity index (χ2n) is 4.61. The molecule has 1 amide bonds. The average Bonchev–Trinajstić information content (AvgIpc) is 3.16. The lowest BCUT2D eigenvalue weighted by atomic mass is 10.3. The van der Waals surface area contributed by atoms with Gasteiger partial charge in [-0.2, -0.15) is 11.3 Å². The monoisotopic (exact) mass is 334 g/mol. The van der Waals surface area contributed by atoms with Crippen molar-refractivity contribution >= 4 is 39.9 Å². The zero-order valence-corrected chi connectivity index (χ0v) is 14.1. The zero-order chi connectivity index (χ0) is 14.8. The molecule has 0 aliphatic carbocycles. The number of hydrogen-bond acceptors (Lipinski definition) is 5. The molecule has 0 bridgehead atoms. The minimum absolute atomic E-state index is 0.00506. The van der Waals surface area contributed by atoms with Gasteiger partial charge in [-0.3, -0.25) is 4.79 Å². The van der Waals surface area contributed by atoms with Crippen LogP contribution in [0.15, 0.2) is 29.0 Å². The van der Waals surface area contributed by atoms with Crippen molar-refractivity contribution in [2.75, 3.05) is 0 Å². The van der Waals surface area contributed by atoms with Gasteiger partial charge in [-0.05, 0) is 30.5 Å². The van der Waals surface area contributed by atoms with Gasteiger partial charge in [-0.15, -0.1) is 22.7 Å². The lowest BCUT2D eigenvalue weighted by Crippen LogP contribution is -2.17. The number of nitrogens with zero attached hydrogens (tertiary/aromatic N) is 1. The summed E-state index contributed by atoms with van der Waals surface area (Å²) in [5.74, 6) is -0.00506. The van der Waals surface area contributed by atoms with Gasteiger partial charge in [0.05, 0.1) is 17.1 Å².